The molecule has 0 unspecified atom stereocenters. The highest BCUT2D eigenvalue weighted by Crippen LogP contribution is 2.32. The van der Waals surface area contributed by atoms with Gasteiger partial charge < -0.3 is 4.74 Å². The normalized spacial score (nSPS) is 16.8. The summed E-state index contributed by atoms with van der Waals surface area (Å²) in [5, 5.41) is 0.681. The van der Waals surface area contributed by atoms with E-state index in [1.165, 1.54) is 5.56 Å². The van der Waals surface area contributed by atoms with Crippen LogP contribution in [-0.4, -0.2) is 12.6 Å². The minimum Gasteiger partial charge on any atom is -0.462 e. The van der Waals surface area contributed by atoms with Crippen molar-refractivity contribution in [2.24, 2.45) is 0 Å². The Morgan fingerprint density at radius 2 is 1.57 bits per heavy atom. The highest BCUT2D eigenvalue weighted by atomic mass is 35.5. The van der Waals surface area contributed by atoms with Gasteiger partial charge in [-0.2, -0.15) is 0 Å². The Balaban J connectivity index is 2.18. The van der Waals surface area contributed by atoms with E-state index >= 15 is 0 Å². The summed E-state index contributed by atoms with van der Waals surface area (Å²) in [4.78, 5) is 12.0. The molecule has 1 aliphatic rings. The molecule has 0 saturated carbocycles. The summed E-state index contributed by atoms with van der Waals surface area (Å²) in [7, 11) is 0. The summed E-state index contributed by atoms with van der Waals surface area (Å²) in [5.74, 6) is -0.222. The maximum absolute atomic E-state index is 12.0. The van der Waals surface area contributed by atoms with Gasteiger partial charge in [0.1, 0.15) is 0 Å². The molecule has 0 spiro atoms. The number of esters is 1. The molecule has 0 amide bonds. The highest BCUT2D eigenvalue weighted by Gasteiger charge is 2.24. The molecule has 3 heteroatoms. The maximum Gasteiger partial charge on any atom is 0.334 e. The van der Waals surface area contributed by atoms with E-state index in [0.29, 0.717) is 18.1 Å². The molecule has 2 aromatic rings. The second kappa shape index (κ2) is 5.74. The van der Waals surface area contributed by atoms with E-state index in [2.05, 4.69) is 0 Å². The standard InChI is InChI=1S/C18H15ClO2/c1-12-2-4-13(5-3-12)17(16-10-11-21-18(16)20)14-6-8-15(19)9-7-14/h2-9H,10-11H2,1H3/b17-16-. The van der Waals surface area contributed by atoms with Gasteiger partial charge in [0.05, 0.1) is 6.61 Å². The summed E-state index contributed by atoms with van der Waals surface area (Å²) >= 11 is 5.96. The van der Waals surface area contributed by atoms with Crippen LogP contribution in [0.1, 0.15) is 23.1 Å². The van der Waals surface area contributed by atoms with Crippen molar-refractivity contribution in [3.8, 4) is 0 Å². The molecule has 106 valence electrons. The quantitative estimate of drug-likeness (QED) is 0.607. The van der Waals surface area contributed by atoms with Gasteiger partial charge in [0, 0.05) is 17.0 Å². The molecule has 0 aliphatic carbocycles. The Morgan fingerprint density at radius 1 is 1.00 bits per heavy atom. The number of rotatable bonds is 2. The zero-order valence-corrected chi connectivity index (χ0v) is 12.5. The van der Waals surface area contributed by atoms with Crippen LogP contribution in [0.3, 0.4) is 0 Å². The Morgan fingerprint density at radius 3 is 2.10 bits per heavy atom. The summed E-state index contributed by atoms with van der Waals surface area (Å²) < 4.78 is 5.11. The Bertz CT molecular complexity index is 650. The van der Waals surface area contributed by atoms with Crippen molar-refractivity contribution in [2.75, 3.05) is 6.61 Å². The van der Waals surface area contributed by atoms with Crippen LogP contribution in [0.4, 0.5) is 0 Å². The third kappa shape index (κ3) is 2.86. The van der Waals surface area contributed by atoms with Crippen LogP contribution >= 0.6 is 11.6 Å². The Kier molecular flexibility index (Phi) is 3.80. The van der Waals surface area contributed by atoms with Gasteiger partial charge in [0.2, 0.25) is 0 Å². The molecular weight excluding hydrogens is 284 g/mol. The largest absolute Gasteiger partial charge is 0.462 e. The number of ether oxygens (including phenoxy) is 1. The fraction of sp³-hybridized carbons (Fsp3) is 0.167. The van der Waals surface area contributed by atoms with E-state index < -0.39 is 0 Å². The number of cyclic esters (lactones) is 1. The van der Waals surface area contributed by atoms with E-state index in [-0.39, 0.29) is 5.97 Å². The molecule has 0 atom stereocenters. The first kappa shape index (κ1) is 13.9. The van der Waals surface area contributed by atoms with Crippen molar-refractivity contribution in [2.45, 2.75) is 13.3 Å². The van der Waals surface area contributed by atoms with E-state index in [1.807, 2.05) is 55.5 Å². The lowest BCUT2D eigenvalue weighted by Crippen LogP contribution is -2.01. The zero-order chi connectivity index (χ0) is 14.8. The number of aryl methyl sites for hydroxylation is 1. The van der Waals surface area contributed by atoms with Gasteiger partial charge in [-0.15, -0.1) is 0 Å². The van der Waals surface area contributed by atoms with Crippen LogP contribution in [0.5, 0.6) is 0 Å². The molecule has 1 aliphatic heterocycles. The summed E-state index contributed by atoms with van der Waals surface area (Å²) in [6.07, 6.45) is 0.644. The van der Waals surface area contributed by atoms with Crippen molar-refractivity contribution in [3.63, 3.8) is 0 Å². The van der Waals surface area contributed by atoms with Gasteiger partial charge >= 0.3 is 5.97 Å². The minimum absolute atomic E-state index is 0.222. The van der Waals surface area contributed by atoms with Gasteiger partial charge in [-0.25, -0.2) is 4.79 Å². The molecule has 1 fully saturated rings. The second-order valence-electron chi connectivity index (χ2n) is 5.11. The van der Waals surface area contributed by atoms with E-state index in [4.69, 9.17) is 16.3 Å². The fourth-order valence-corrected chi connectivity index (χ4v) is 2.64. The third-order valence-corrected chi connectivity index (χ3v) is 3.86. The second-order valence-corrected chi connectivity index (χ2v) is 5.55. The van der Waals surface area contributed by atoms with Gasteiger partial charge in [0.25, 0.3) is 0 Å². The van der Waals surface area contributed by atoms with Crippen molar-refractivity contribution < 1.29 is 9.53 Å². The molecule has 1 saturated heterocycles. The maximum atomic E-state index is 12.0. The van der Waals surface area contributed by atoms with Crippen molar-refractivity contribution >= 4 is 23.1 Å². The van der Waals surface area contributed by atoms with Gasteiger partial charge in [-0.05, 0) is 35.8 Å². The molecule has 21 heavy (non-hydrogen) atoms. The monoisotopic (exact) mass is 298 g/mol. The molecule has 1 heterocycles. The average molecular weight is 299 g/mol. The highest BCUT2D eigenvalue weighted by molar-refractivity contribution is 6.30. The number of benzene rings is 2. The third-order valence-electron chi connectivity index (χ3n) is 3.61. The topological polar surface area (TPSA) is 26.3 Å². The number of carbonyl (C=O) groups is 1. The summed E-state index contributed by atoms with van der Waals surface area (Å²) in [6.45, 7) is 2.50. The van der Waals surface area contributed by atoms with Crippen molar-refractivity contribution in [3.05, 3.63) is 75.8 Å². The number of halogens is 1. The number of hydrogen-bond acceptors (Lipinski definition) is 2. The SMILES string of the molecule is Cc1ccc(/C(=C2\CCOC2=O)c2ccc(Cl)cc2)cc1. The van der Waals surface area contributed by atoms with E-state index in [0.717, 1.165) is 22.3 Å². The minimum atomic E-state index is -0.222. The number of hydrogen-bond donors (Lipinski definition) is 0. The fourth-order valence-electron chi connectivity index (χ4n) is 2.51. The van der Waals surface area contributed by atoms with Crippen LogP contribution in [-0.2, 0) is 9.53 Å². The van der Waals surface area contributed by atoms with Crippen LogP contribution in [0.2, 0.25) is 5.02 Å². The van der Waals surface area contributed by atoms with Crippen LogP contribution in [0.15, 0.2) is 54.1 Å². The van der Waals surface area contributed by atoms with Gasteiger partial charge in [-0.1, -0.05) is 53.6 Å². The molecule has 0 radical (unpaired) electrons. The van der Waals surface area contributed by atoms with E-state index in [1.54, 1.807) is 0 Å². The molecule has 0 bridgehead atoms. The first-order chi connectivity index (χ1) is 10.1. The smallest absolute Gasteiger partial charge is 0.334 e. The van der Waals surface area contributed by atoms with Crippen molar-refractivity contribution in [1.29, 1.82) is 0 Å². The molecule has 0 aromatic heterocycles. The lowest BCUT2D eigenvalue weighted by molar-refractivity contribution is -0.135. The Hall–Kier alpha value is -2.06. The van der Waals surface area contributed by atoms with Crippen molar-refractivity contribution in [1.82, 2.24) is 0 Å². The van der Waals surface area contributed by atoms with Crippen LogP contribution < -0.4 is 0 Å². The predicted molar refractivity (Wildman–Crippen MR) is 84.2 cm³/mol. The Labute approximate surface area is 129 Å². The first-order valence-electron chi connectivity index (χ1n) is 6.88. The first-order valence-corrected chi connectivity index (χ1v) is 7.26. The molecule has 2 nitrogen and oxygen atoms in total. The summed E-state index contributed by atoms with van der Waals surface area (Å²) in [6, 6.07) is 15.7. The predicted octanol–water partition coefficient (Wildman–Crippen LogP) is 4.40. The lowest BCUT2D eigenvalue weighted by Gasteiger charge is -2.11. The average Bonchev–Trinajstić information content (AvgIpc) is 2.90. The van der Waals surface area contributed by atoms with Crippen LogP contribution in [0.25, 0.3) is 5.57 Å². The zero-order valence-electron chi connectivity index (χ0n) is 11.7. The van der Waals surface area contributed by atoms with Gasteiger partial charge in [-0.3, -0.25) is 0 Å². The molecule has 0 N–H and O–H groups in total. The lowest BCUT2D eigenvalue weighted by atomic mass is 9.92. The molecular formula is C18H15ClO2. The number of carbonyl (C=O) groups excluding carboxylic acids is 1. The molecule has 2 aromatic carbocycles. The van der Waals surface area contributed by atoms with Gasteiger partial charge in [0.15, 0.2) is 0 Å². The molecule has 3 rings (SSSR count). The summed E-state index contributed by atoms with van der Waals surface area (Å²) in [5.41, 5.74) is 4.87. The van der Waals surface area contributed by atoms with Crippen LogP contribution in [0, 0.1) is 6.92 Å². The van der Waals surface area contributed by atoms with E-state index in [9.17, 15) is 4.79 Å².